The lowest BCUT2D eigenvalue weighted by molar-refractivity contribution is 0.167. The third-order valence-electron chi connectivity index (χ3n) is 5.47. The first-order valence-electron chi connectivity index (χ1n) is 10.4. The summed E-state index contributed by atoms with van der Waals surface area (Å²) in [6.07, 6.45) is 0. The van der Waals surface area contributed by atoms with Crippen molar-refractivity contribution in [1.82, 2.24) is 14.9 Å². The Kier molecular flexibility index (Phi) is 7.50. The molecule has 0 bridgehead atoms. The van der Waals surface area contributed by atoms with Crippen LogP contribution in [0.25, 0.3) is 0 Å². The van der Waals surface area contributed by atoms with Crippen molar-refractivity contribution in [2.75, 3.05) is 12.4 Å². The van der Waals surface area contributed by atoms with Crippen LogP contribution in [0.4, 0.5) is 14.5 Å². The number of hydrogen-bond acceptors (Lipinski definition) is 7. The van der Waals surface area contributed by atoms with Gasteiger partial charge in [0.15, 0.2) is 10.8 Å². The minimum Gasteiger partial charge on any atom is -0.379 e. The Morgan fingerprint density at radius 3 is 2.55 bits per heavy atom. The number of thiazole rings is 1. The molecule has 0 saturated heterocycles. The lowest BCUT2D eigenvalue weighted by Gasteiger charge is -2.32. The van der Waals surface area contributed by atoms with E-state index in [9.17, 15) is 17.2 Å². The molecule has 2 aromatic heterocycles. The van der Waals surface area contributed by atoms with E-state index < -0.39 is 26.4 Å². The van der Waals surface area contributed by atoms with Crippen molar-refractivity contribution < 1.29 is 17.2 Å². The number of nitrogens with zero attached hydrogens (tertiary/aromatic N) is 3. The standard InChI is InChI=1S/C23H28F2N4O2S2/c1-15-21(9-20(25)22(28-15)33(30,31)13-17-12-32-14-27-17)26-10-18-16(7-6-8-19(18)24)11-29(5)23(2,3)4/h6-9,12,14,26H,10-11,13H2,1-5H3. The van der Waals surface area contributed by atoms with E-state index in [0.29, 0.717) is 29.2 Å². The molecular formula is C23H28F2N4O2S2. The molecular weight excluding hydrogens is 466 g/mol. The Hall–Kier alpha value is -2.43. The molecule has 0 aliphatic heterocycles. The second kappa shape index (κ2) is 9.82. The SMILES string of the molecule is Cc1nc(S(=O)(=O)Cc2cscn2)c(F)cc1NCc1c(F)cccc1CN(C)C(C)(C)C. The molecule has 1 N–H and O–H groups in total. The molecule has 10 heteroatoms. The zero-order valence-corrected chi connectivity index (χ0v) is 20.9. The maximum absolute atomic E-state index is 14.8. The van der Waals surface area contributed by atoms with E-state index in [1.54, 1.807) is 18.4 Å². The van der Waals surface area contributed by atoms with E-state index in [1.807, 2.05) is 13.1 Å². The Morgan fingerprint density at radius 1 is 1.18 bits per heavy atom. The fourth-order valence-corrected chi connectivity index (χ4v) is 5.13. The molecule has 0 aliphatic rings. The molecule has 33 heavy (non-hydrogen) atoms. The minimum atomic E-state index is -4.00. The minimum absolute atomic E-state index is 0.0967. The van der Waals surface area contributed by atoms with Gasteiger partial charge in [-0.25, -0.2) is 27.2 Å². The van der Waals surface area contributed by atoms with Crippen molar-refractivity contribution >= 4 is 26.9 Å². The van der Waals surface area contributed by atoms with Gasteiger partial charge in [-0.2, -0.15) is 0 Å². The van der Waals surface area contributed by atoms with Gasteiger partial charge in [-0.15, -0.1) is 11.3 Å². The van der Waals surface area contributed by atoms with Gasteiger partial charge in [-0.05, 0) is 46.4 Å². The molecule has 2 heterocycles. The molecule has 0 fully saturated rings. The van der Waals surface area contributed by atoms with Crippen LogP contribution in [0.15, 0.2) is 40.2 Å². The fourth-order valence-electron chi connectivity index (χ4n) is 3.15. The molecule has 0 unspecified atom stereocenters. The van der Waals surface area contributed by atoms with Gasteiger partial charge in [0.2, 0.25) is 9.84 Å². The molecule has 0 radical (unpaired) electrons. The molecule has 178 valence electrons. The van der Waals surface area contributed by atoms with E-state index in [-0.39, 0.29) is 17.9 Å². The predicted molar refractivity (Wildman–Crippen MR) is 127 cm³/mol. The first-order valence-corrected chi connectivity index (χ1v) is 13.0. The van der Waals surface area contributed by atoms with E-state index in [2.05, 4.69) is 41.0 Å². The average Bonchev–Trinajstić information content (AvgIpc) is 3.21. The van der Waals surface area contributed by atoms with Gasteiger partial charge >= 0.3 is 0 Å². The predicted octanol–water partition coefficient (Wildman–Crippen LogP) is 4.94. The van der Waals surface area contributed by atoms with E-state index in [1.165, 1.54) is 22.9 Å². The molecule has 0 spiro atoms. The van der Waals surface area contributed by atoms with Crippen molar-refractivity contribution in [3.05, 3.63) is 69.3 Å². The van der Waals surface area contributed by atoms with Crippen LogP contribution in [0.1, 0.15) is 43.3 Å². The van der Waals surface area contributed by atoms with Crippen LogP contribution >= 0.6 is 11.3 Å². The highest BCUT2D eigenvalue weighted by atomic mass is 32.2. The van der Waals surface area contributed by atoms with Crippen LogP contribution in [0.2, 0.25) is 0 Å². The van der Waals surface area contributed by atoms with E-state index in [0.717, 1.165) is 11.6 Å². The number of sulfone groups is 1. The lowest BCUT2D eigenvalue weighted by atomic mass is 10.0. The van der Waals surface area contributed by atoms with Crippen LogP contribution in [0.5, 0.6) is 0 Å². The number of aromatic nitrogens is 2. The number of nitrogens with one attached hydrogen (secondary N) is 1. The number of hydrogen-bond donors (Lipinski definition) is 1. The van der Waals surface area contributed by atoms with Gasteiger partial charge in [-0.1, -0.05) is 12.1 Å². The highest BCUT2D eigenvalue weighted by Crippen LogP contribution is 2.25. The number of rotatable bonds is 8. The normalized spacial score (nSPS) is 12.4. The molecule has 0 saturated carbocycles. The molecule has 0 aliphatic carbocycles. The number of anilines is 1. The fraction of sp³-hybridized carbons (Fsp3) is 0.391. The zero-order valence-electron chi connectivity index (χ0n) is 19.3. The molecule has 1 aromatic carbocycles. The number of aryl methyl sites for hydroxylation is 1. The summed E-state index contributed by atoms with van der Waals surface area (Å²) >= 11 is 1.26. The second-order valence-corrected chi connectivity index (χ2v) is 11.5. The van der Waals surface area contributed by atoms with Crippen LogP contribution in [0, 0.1) is 18.6 Å². The third kappa shape index (κ3) is 6.13. The Balaban J connectivity index is 1.82. The largest absolute Gasteiger partial charge is 0.379 e. The number of pyridine rings is 1. The summed E-state index contributed by atoms with van der Waals surface area (Å²) in [5.41, 5.74) is 3.65. The van der Waals surface area contributed by atoms with Gasteiger partial charge in [0.1, 0.15) is 5.82 Å². The van der Waals surface area contributed by atoms with Crippen LogP contribution in [-0.2, 0) is 28.7 Å². The topological polar surface area (TPSA) is 75.2 Å². The van der Waals surface area contributed by atoms with Crippen molar-refractivity contribution in [1.29, 1.82) is 0 Å². The highest BCUT2D eigenvalue weighted by Gasteiger charge is 2.25. The summed E-state index contributed by atoms with van der Waals surface area (Å²) in [5.74, 6) is -1.75. The van der Waals surface area contributed by atoms with Crippen LogP contribution in [-0.4, -0.2) is 35.9 Å². The van der Waals surface area contributed by atoms with Crippen molar-refractivity contribution in [2.45, 2.75) is 57.1 Å². The van der Waals surface area contributed by atoms with E-state index in [4.69, 9.17) is 0 Å². The third-order valence-corrected chi connectivity index (χ3v) is 7.66. The van der Waals surface area contributed by atoms with Crippen LogP contribution < -0.4 is 5.32 Å². The van der Waals surface area contributed by atoms with Gasteiger partial charge < -0.3 is 5.32 Å². The first kappa shape index (κ1) is 25.2. The highest BCUT2D eigenvalue weighted by molar-refractivity contribution is 7.90. The lowest BCUT2D eigenvalue weighted by Crippen LogP contribution is -2.37. The van der Waals surface area contributed by atoms with Crippen molar-refractivity contribution in [3.8, 4) is 0 Å². The molecule has 3 aromatic rings. The summed E-state index contributed by atoms with van der Waals surface area (Å²) in [4.78, 5) is 10.1. The Morgan fingerprint density at radius 2 is 1.91 bits per heavy atom. The molecule has 0 amide bonds. The summed E-state index contributed by atoms with van der Waals surface area (Å²) in [6.45, 7) is 8.45. The smallest absolute Gasteiger partial charge is 0.204 e. The Bertz CT molecular complexity index is 1220. The Labute approximate surface area is 197 Å². The second-order valence-electron chi connectivity index (χ2n) is 8.91. The van der Waals surface area contributed by atoms with Gasteiger partial charge in [0.25, 0.3) is 0 Å². The summed E-state index contributed by atoms with van der Waals surface area (Å²) in [5, 5.41) is 4.01. The van der Waals surface area contributed by atoms with Gasteiger partial charge in [-0.3, -0.25) is 4.90 Å². The number of benzene rings is 1. The van der Waals surface area contributed by atoms with Crippen molar-refractivity contribution in [2.24, 2.45) is 0 Å². The zero-order chi connectivity index (χ0) is 24.4. The monoisotopic (exact) mass is 494 g/mol. The maximum atomic E-state index is 14.8. The van der Waals surface area contributed by atoms with E-state index >= 15 is 0 Å². The molecule has 0 atom stereocenters. The maximum Gasteiger partial charge on any atom is 0.204 e. The molecule has 3 rings (SSSR count). The first-order chi connectivity index (χ1) is 15.4. The summed E-state index contributed by atoms with van der Waals surface area (Å²) in [7, 11) is -2.03. The molecule has 6 nitrogen and oxygen atoms in total. The van der Waals surface area contributed by atoms with Crippen molar-refractivity contribution in [3.63, 3.8) is 0 Å². The van der Waals surface area contributed by atoms with Gasteiger partial charge in [0.05, 0.1) is 28.3 Å². The summed E-state index contributed by atoms with van der Waals surface area (Å²) < 4.78 is 54.7. The number of halogens is 2. The average molecular weight is 495 g/mol. The van der Waals surface area contributed by atoms with Crippen LogP contribution in [0.3, 0.4) is 0 Å². The quantitative estimate of drug-likeness (QED) is 0.478. The summed E-state index contributed by atoms with van der Waals surface area (Å²) in [6, 6.07) is 6.01. The van der Waals surface area contributed by atoms with Gasteiger partial charge in [0, 0.05) is 35.6 Å².